The van der Waals surface area contributed by atoms with Crippen LogP contribution in [0.4, 0.5) is 0 Å². The van der Waals surface area contributed by atoms with E-state index in [4.69, 9.17) is 0 Å². The molecule has 3 rings (SSSR count). The van der Waals surface area contributed by atoms with E-state index in [0.29, 0.717) is 11.4 Å². The van der Waals surface area contributed by atoms with Crippen LogP contribution in [0.25, 0.3) is 5.65 Å². The van der Waals surface area contributed by atoms with Crippen LogP contribution in [-0.4, -0.2) is 27.8 Å². The molecular formula is C17H16N4OS. The van der Waals surface area contributed by atoms with E-state index in [1.54, 1.807) is 22.4 Å². The Labute approximate surface area is 138 Å². The molecule has 23 heavy (non-hydrogen) atoms. The Morgan fingerprint density at radius 2 is 2.04 bits per heavy atom. The van der Waals surface area contributed by atoms with Gasteiger partial charge in [-0.1, -0.05) is 18.2 Å². The molecule has 0 saturated carbocycles. The van der Waals surface area contributed by atoms with E-state index in [9.17, 15) is 4.79 Å². The summed E-state index contributed by atoms with van der Waals surface area (Å²) in [5, 5.41) is 4.03. The number of rotatable bonds is 4. The van der Waals surface area contributed by atoms with Gasteiger partial charge in [0, 0.05) is 11.1 Å². The first-order valence-electron chi connectivity index (χ1n) is 7.10. The molecule has 0 aliphatic rings. The van der Waals surface area contributed by atoms with Crippen molar-refractivity contribution in [3.05, 3.63) is 65.6 Å². The standard InChI is InChI=1S/C17H16N4OS/c1-12-16(21-10-4-3-5-15(21)19-12)17(22)20-18-11-13-6-8-14(23-2)9-7-13/h3-11H,1-2H3,(H,20,22). The van der Waals surface area contributed by atoms with Gasteiger partial charge in [-0.05, 0) is 43.0 Å². The second-order valence-electron chi connectivity index (χ2n) is 4.95. The van der Waals surface area contributed by atoms with Gasteiger partial charge in [-0.25, -0.2) is 10.4 Å². The van der Waals surface area contributed by atoms with Gasteiger partial charge in [0.05, 0.1) is 11.9 Å². The van der Waals surface area contributed by atoms with E-state index >= 15 is 0 Å². The maximum absolute atomic E-state index is 12.3. The van der Waals surface area contributed by atoms with Crippen LogP contribution in [0.5, 0.6) is 0 Å². The fraction of sp³-hybridized carbons (Fsp3) is 0.118. The van der Waals surface area contributed by atoms with Gasteiger partial charge in [-0.2, -0.15) is 5.10 Å². The van der Waals surface area contributed by atoms with Crippen LogP contribution in [0.3, 0.4) is 0 Å². The van der Waals surface area contributed by atoms with Crippen molar-refractivity contribution in [2.24, 2.45) is 5.10 Å². The zero-order valence-electron chi connectivity index (χ0n) is 12.9. The number of thioether (sulfide) groups is 1. The molecule has 0 atom stereocenters. The summed E-state index contributed by atoms with van der Waals surface area (Å²) in [6, 6.07) is 13.6. The fourth-order valence-corrected chi connectivity index (χ4v) is 2.70. The molecule has 0 aliphatic carbocycles. The second-order valence-corrected chi connectivity index (χ2v) is 5.83. The topological polar surface area (TPSA) is 58.8 Å². The SMILES string of the molecule is CSc1ccc(C=NNC(=O)c2c(C)nc3ccccn23)cc1. The maximum Gasteiger partial charge on any atom is 0.290 e. The van der Waals surface area contributed by atoms with Crippen LogP contribution in [0.15, 0.2) is 58.7 Å². The average Bonchev–Trinajstić information content (AvgIpc) is 2.91. The number of carbonyl (C=O) groups excluding carboxylic acids is 1. The van der Waals surface area contributed by atoms with Crippen molar-refractivity contribution in [3.63, 3.8) is 0 Å². The van der Waals surface area contributed by atoms with Crippen LogP contribution in [0.2, 0.25) is 0 Å². The van der Waals surface area contributed by atoms with Crippen LogP contribution < -0.4 is 5.43 Å². The van der Waals surface area contributed by atoms with Gasteiger partial charge in [0.2, 0.25) is 0 Å². The highest BCUT2D eigenvalue weighted by molar-refractivity contribution is 7.98. The number of nitrogens with one attached hydrogen (secondary N) is 1. The summed E-state index contributed by atoms with van der Waals surface area (Å²) in [5.41, 5.74) is 5.40. The Morgan fingerprint density at radius 1 is 1.26 bits per heavy atom. The number of fused-ring (bicyclic) bond motifs is 1. The molecule has 2 heterocycles. The number of hydrazone groups is 1. The van der Waals surface area contributed by atoms with E-state index in [1.807, 2.05) is 61.8 Å². The van der Waals surface area contributed by atoms with Gasteiger partial charge in [-0.15, -0.1) is 11.8 Å². The van der Waals surface area contributed by atoms with Crippen LogP contribution in [-0.2, 0) is 0 Å². The van der Waals surface area contributed by atoms with Gasteiger partial charge in [-0.3, -0.25) is 9.20 Å². The van der Waals surface area contributed by atoms with Gasteiger partial charge in [0.15, 0.2) is 0 Å². The zero-order valence-corrected chi connectivity index (χ0v) is 13.7. The van der Waals surface area contributed by atoms with Crippen molar-refractivity contribution in [1.29, 1.82) is 0 Å². The average molecular weight is 324 g/mol. The smallest absolute Gasteiger partial charge is 0.290 e. The Balaban J connectivity index is 1.75. The minimum atomic E-state index is -0.279. The monoisotopic (exact) mass is 324 g/mol. The lowest BCUT2D eigenvalue weighted by atomic mass is 10.2. The number of carbonyl (C=O) groups is 1. The third kappa shape index (κ3) is 3.27. The fourth-order valence-electron chi connectivity index (χ4n) is 2.30. The molecule has 1 amide bonds. The second kappa shape index (κ2) is 6.66. The van der Waals surface area contributed by atoms with Crippen molar-refractivity contribution in [3.8, 4) is 0 Å². The molecule has 0 saturated heterocycles. The molecule has 6 heteroatoms. The van der Waals surface area contributed by atoms with Gasteiger partial charge in [0.1, 0.15) is 11.3 Å². The Hall–Kier alpha value is -2.60. The highest BCUT2D eigenvalue weighted by atomic mass is 32.2. The summed E-state index contributed by atoms with van der Waals surface area (Å²) in [5.74, 6) is -0.279. The molecule has 2 aromatic heterocycles. The van der Waals surface area contributed by atoms with Crippen molar-refractivity contribution in [1.82, 2.24) is 14.8 Å². The molecular weight excluding hydrogens is 308 g/mol. The van der Waals surface area contributed by atoms with Crippen molar-refractivity contribution in [2.45, 2.75) is 11.8 Å². The third-order valence-corrected chi connectivity index (χ3v) is 4.16. The van der Waals surface area contributed by atoms with Crippen LogP contribution >= 0.6 is 11.8 Å². The number of hydrogen-bond donors (Lipinski definition) is 1. The van der Waals surface area contributed by atoms with E-state index in [-0.39, 0.29) is 5.91 Å². The van der Waals surface area contributed by atoms with Crippen LogP contribution in [0.1, 0.15) is 21.7 Å². The molecule has 116 valence electrons. The molecule has 0 spiro atoms. The number of benzene rings is 1. The summed E-state index contributed by atoms with van der Waals surface area (Å²) in [7, 11) is 0. The Bertz CT molecular complexity index is 868. The van der Waals surface area contributed by atoms with Crippen molar-refractivity contribution in [2.75, 3.05) is 6.26 Å². The normalized spacial score (nSPS) is 11.2. The van der Waals surface area contributed by atoms with E-state index in [2.05, 4.69) is 15.5 Å². The third-order valence-electron chi connectivity index (χ3n) is 3.41. The van der Waals surface area contributed by atoms with E-state index < -0.39 is 0 Å². The Kier molecular flexibility index (Phi) is 4.43. The predicted octanol–water partition coefficient (Wildman–Crippen LogP) is 3.13. The van der Waals surface area contributed by atoms with E-state index in [1.165, 1.54) is 4.90 Å². The maximum atomic E-state index is 12.3. The highest BCUT2D eigenvalue weighted by Crippen LogP contribution is 2.14. The quantitative estimate of drug-likeness (QED) is 0.456. The Morgan fingerprint density at radius 3 is 2.78 bits per heavy atom. The number of nitrogens with zero attached hydrogens (tertiary/aromatic N) is 3. The first-order valence-corrected chi connectivity index (χ1v) is 8.32. The van der Waals surface area contributed by atoms with Gasteiger partial charge in [0.25, 0.3) is 5.91 Å². The first kappa shape index (κ1) is 15.3. The molecule has 1 aromatic carbocycles. The number of aromatic nitrogens is 2. The molecule has 0 unspecified atom stereocenters. The minimum absolute atomic E-state index is 0.279. The summed E-state index contributed by atoms with van der Waals surface area (Å²) in [6.45, 7) is 1.81. The summed E-state index contributed by atoms with van der Waals surface area (Å²) in [4.78, 5) is 17.9. The van der Waals surface area contributed by atoms with Gasteiger partial charge < -0.3 is 0 Å². The van der Waals surface area contributed by atoms with Crippen molar-refractivity contribution >= 4 is 29.5 Å². The summed E-state index contributed by atoms with van der Waals surface area (Å²) in [6.07, 6.45) is 5.47. The molecule has 0 bridgehead atoms. The number of hydrogen-bond acceptors (Lipinski definition) is 4. The molecule has 0 radical (unpaired) electrons. The lowest BCUT2D eigenvalue weighted by molar-refractivity contribution is 0.0948. The molecule has 5 nitrogen and oxygen atoms in total. The van der Waals surface area contributed by atoms with Crippen molar-refractivity contribution < 1.29 is 4.79 Å². The number of imidazole rings is 1. The van der Waals surface area contributed by atoms with Crippen LogP contribution in [0, 0.1) is 6.92 Å². The van der Waals surface area contributed by atoms with Gasteiger partial charge >= 0.3 is 0 Å². The molecule has 1 N–H and O–H groups in total. The molecule has 0 fully saturated rings. The molecule has 3 aromatic rings. The lowest BCUT2D eigenvalue weighted by Crippen LogP contribution is -2.20. The lowest BCUT2D eigenvalue weighted by Gasteiger charge is -2.01. The first-order chi connectivity index (χ1) is 11.2. The largest absolute Gasteiger partial charge is 0.295 e. The number of aryl methyl sites for hydroxylation is 1. The number of pyridine rings is 1. The highest BCUT2D eigenvalue weighted by Gasteiger charge is 2.15. The predicted molar refractivity (Wildman–Crippen MR) is 93.2 cm³/mol. The van der Waals surface area contributed by atoms with E-state index in [0.717, 1.165) is 11.2 Å². The molecule has 0 aliphatic heterocycles. The zero-order chi connectivity index (χ0) is 16.2. The minimum Gasteiger partial charge on any atom is -0.295 e. The summed E-state index contributed by atoms with van der Waals surface area (Å²) < 4.78 is 1.76. The number of amides is 1. The summed E-state index contributed by atoms with van der Waals surface area (Å²) >= 11 is 1.68.